The summed E-state index contributed by atoms with van der Waals surface area (Å²) in [5, 5.41) is 1.89. The van der Waals surface area contributed by atoms with Crippen LogP contribution in [0.1, 0.15) is 12.8 Å². The number of thiophene rings is 1. The first-order valence-electron chi connectivity index (χ1n) is 8.26. The smallest absolute Gasteiger partial charge is 0.248 e. The topological polar surface area (TPSA) is 72.4 Å². The van der Waals surface area contributed by atoms with Crippen LogP contribution in [-0.4, -0.2) is 41.9 Å². The van der Waals surface area contributed by atoms with E-state index in [0.717, 1.165) is 32.7 Å². The predicted octanol–water partition coefficient (Wildman–Crippen LogP) is 3.20. The highest BCUT2D eigenvalue weighted by Gasteiger charge is 2.34. The van der Waals surface area contributed by atoms with Crippen LogP contribution in [0.25, 0.3) is 10.2 Å². The Bertz CT molecular complexity index is 1060. The Hall–Kier alpha value is -2.17. The fourth-order valence-electron chi connectivity index (χ4n) is 3.06. The highest BCUT2D eigenvalue weighted by atomic mass is 32.2. The van der Waals surface area contributed by atoms with E-state index >= 15 is 0 Å². The van der Waals surface area contributed by atoms with Gasteiger partial charge in [0.15, 0.2) is 4.90 Å². The number of rotatable bonds is 4. The molecule has 0 radical (unpaired) electrons. The Morgan fingerprint density at radius 1 is 1.11 bits per heavy atom. The van der Waals surface area contributed by atoms with Crippen molar-refractivity contribution in [2.45, 2.75) is 23.8 Å². The molecule has 2 aromatic heterocycles. The van der Waals surface area contributed by atoms with Gasteiger partial charge in [0, 0.05) is 13.1 Å². The van der Waals surface area contributed by atoms with Crippen molar-refractivity contribution >= 4 is 31.6 Å². The molecule has 0 saturated carbocycles. The molecule has 3 aromatic rings. The molecule has 1 saturated heterocycles. The van der Waals surface area contributed by atoms with Gasteiger partial charge in [0.2, 0.25) is 15.9 Å². The molecule has 10 heteroatoms. The maximum Gasteiger partial charge on any atom is 0.248 e. The van der Waals surface area contributed by atoms with Gasteiger partial charge in [-0.05, 0) is 36.4 Å². The Labute approximate surface area is 158 Å². The van der Waals surface area contributed by atoms with Gasteiger partial charge in [-0.15, -0.1) is 11.3 Å². The largest absolute Gasteiger partial charge is 0.473 e. The molecule has 1 aliphatic heterocycles. The molecule has 4 rings (SSSR count). The molecule has 1 aromatic carbocycles. The molecule has 1 fully saturated rings. The van der Waals surface area contributed by atoms with Crippen molar-refractivity contribution in [3.8, 4) is 5.88 Å². The van der Waals surface area contributed by atoms with Crippen LogP contribution in [0, 0.1) is 11.6 Å². The van der Waals surface area contributed by atoms with Crippen molar-refractivity contribution in [3.05, 3.63) is 47.6 Å². The van der Waals surface area contributed by atoms with E-state index in [0.29, 0.717) is 18.7 Å². The van der Waals surface area contributed by atoms with Crippen LogP contribution in [0.5, 0.6) is 5.88 Å². The molecule has 0 atom stereocenters. The summed E-state index contributed by atoms with van der Waals surface area (Å²) in [5.74, 6) is -1.71. The molecule has 1 aliphatic rings. The number of hydrogen-bond acceptors (Lipinski definition) is 6. The van der Waals surface area contributed by atoms with Crippen molar-refractivity contribution < 1.29 is 21.9 Å². The first-order chi connectivity index (χ1) is 13.0. The molecule has 3 heterocycles. The lowest BCUT2D eigenvalue weighted by Crippen LogP contribution is -2.42. The summed E-state index contributed by atoms with van der Waals surface area (Å²) < 4.78 is 60.9. The molecular formula is C17H15F2N3O3S2. The van der Waals surface area contributed by atoms with Crippen molar-refractivity contribution in [1.82, 2.24) is 14.3 Å². The molecular weight excluding hydrogens is 396 g/mol. The van der Waals surface area contributed by atoms with Crippen LogP contribution < -0.4 is 4.74 Å². The number of nitrogens with zero attached hydrogens (tertiary/aromatic N) is 3. The Kier molecular flexibility index (Phi) is 4.79. The second kappa shape index (κ2) is 7.10. The van der Waals surface area contributed by atoms with Gasteiger partial charge in [-0.2, -0.15) is 4.31 Å². The van der Waals surface area contributed by atoms with Gasteiger partial charge in [0.05, 0.1) is 5.52 Å². The van der Waals surface area contributed by atoms with Gasteiger partial charge in [0.1, 0.15) is 28.8 Å². The zero-order valence-corrected chi connectivity index (χ0v) is 15.6. The van der Waals surface area contributed by atoms with Crippen LogP contribution >= 0.6 is 11.3 Å². The summed E-state index contributed by atoms with van der Waals surface area (Å²) >= 11 is 1.47. The fourth-order valence-corrected chi connectivity index (χ4v) is 5.41. The first-order valence-corrected chi connectivity index (χ1v) is 10.6. The third-order valence-electron chi connectivity index (χ3n) is 4.41. The molecule has 0 N–H and O–H groups in total. The van der Waals surface area contributed by atoms with Gasteiger partial charge >= 0.3 is 0 Å². The summed E-state index contributed by atoms with van der Waals surface area (Å²) in [4.78, 5) is 7.41. The summed E-state index contributed by atoms with van der Waals surface area (Å²) in [5.41, 5.74) is 0.792. The number of halogens is 2. The van der Waals surface area contributed by atoms with Crippen molar-refractivity contribution in [2.75, 3.05) is 13.1 Å². The van der Waals surface area contributed by atoms with Gasteiger partial charge < -0.3 is 4.74 Å². The maximum atomic E-state index is 13.9. The van der Waals surface area contributed by atoms with Gasteiger partial charge in [0.25, 0.3) is 0 Å². The number of fused-ring (bicyclic) bond motifs is 1. The SMILES string of the molecule is O=S(=O)(c1c(F)cccc1F)N1CCC(Oc2ncnc3ccsc23)CC1. The number of aromatic nitrogens is 2. The van der Waals surface area contributed by atoms with Crippen molar-refractivity contribution in [2.24, 2.45) is 0 Å². The molecule has 0 spiro atoms. The number of hydrogen-bond donors (Lipinski definition) is 0. The average Bonchev–Trinajstić information content (AvgIpc) is 3.12. The predicted molar refractivity (Wildman–Crippen MR) is 96.2 cm³/mol. The van der Waals surface area contributed by atoms with E-state index in [1.807, 2.05) is 11.4 Å². The normalized spacial score (nSPS) is 16.7. The maximum absolute atomic E-state index is 13.9. The van der Waals surface area contributed by atoms with E-state index in [2.05, 4.69) is 9.97 Å². The second-order valence-corrected chi connectivity index (χ2v) is 8.88. The zero-order valence-electron chi connectivity index (χ0n) is 14.0. The summed E-state index contributed by atoms with van der Waals surface area (Å²) in [6, 6.07) is 4.88. The van der Waals surface area contributed by atoms with Crippen LogP contribution in [-0.2, 0) is 10.0 Å². The third-order valence-corrected chi connectivity index (χ3v) is 7.25. The van der Waals surface area contributed by atoms with Gasteiger partial charge in [-0.3, -0.25) is 0 Å². The monoisotopic (exact) mass is 411 g/mol. The minimum atomic E-state index is -4.24. The van der Waals surface area contributed by atoms with Crippen LogP contribution in [0.15, 0.2) is 40.9 Å². The lowest BCUT2D eigenvalue weighted by molar-refractivity contribution is 0.131. The van der Waals surface area contributed by atoms with Crippen molar-refractivity contribution in [3.63, 3.8) is 0 Å². The first kappa shape index (κ1) is 18.2. The lowest BCUT2D eigenvalue weighted by Gasteiger charge is -2.31. The Morgan fingerprint density at radius 3 is 2.52 bits per heavy atom. The molecule has 0 amide bonds. The zero-order chi connectivity index (χ0) is 19.0. The highest BCUT2D eigenvalue weighted by molar-refractivity contribution is 7.89. The Morgan fingerprint density at radius 2 is 1.81 bits per heavy atom. The molecule has 6 nitrogen and oxygen atoms in total. The third kappa shape index (κ3) is 3.40. The van der Waals surface area contributed by atoms with Crippen molar-refractivity contribution in [1.29, 1.82) is 0 Å². The van der Waals surface area contributed by atoms with Crippen LogP contribution in [0.3, 0.4) is 0 Å². The quantitative estimate of drug-likeness (QED) is 0.659. The average molecular weight is 411 g/mol. The van der Waals surface area contributed by atoms with Crippen LogP contribution in [0.4, 0.5) is 8.78 Å². The number of sulfonamides is 1. The molecule has 0 unspecified atom stereocenters. The fraction of sp³-hybridized carbons (Fsp3) is 0.294. The molecule has 142 valence electrons. The van der Waals surface area contributed by atoms with E-state index in [9.17, 15) is 17.2 Å². The summed E-state index contributed by atoms with van der Waals surface area (Å²) in [6.07, 6.45) is 1.98. The summed E-state index contributed by atoms with van der Waals surface area (Å²) in [7, 11) is -4.24. The number of benzene rings is 1. The molecule has 0 bridgehead atoms. The minimum absolute atomic E-state index is 0.111. The summed E-state index contributed by atoms with van der Waals surface area (Å²) in [6.45, 7) is 0.221. The molecule has 27 heavy (non-hydrogen) atoms. The van der Waals surface area contributed by atoms with Gasteiger partial charge in [-0.1, -0.05) is 6.07 Å². The van der Waals surface area contributed by atoms with Crippen LogP contribution in [0.2, 0.25) is 0 Å². The number of ether oxygens (including phenoxy) is 1. The minimum Gasteiger partial charge on any atom is -0.473 e. The van der Waals surface area contributed by atoms with E-state index in [1.165, 1.54) is 17.7 Å². The van der Waals surface area contributed by atoms with E-state index < -0.39 is 26.6 Å². The second-order valence-electron chi connectivity index (χ2n) is 6.09. The highest BCUT2D eigenvalue weighted by Crippen LogP contribution is 2.30. The standard InChI is InChI=1S/C17H15F2N3O3S2/c18-12-2-1-3-13(19)16(12)27(23,24)22-7-4-11(5-8-22)25-17-15-14(6-9-26-15)20-10-21-17/h1-3,6,9-11H,4-5,7-8H2. The van der Waals surface area contributed by atoms with Gasteiger partial charge in [-0.25, -0.2) is 27.2 Å². The molecule has 0 aliphatic carbocycles. The lowest BCUT2D eigenvalue weighted by atomic mass is 10.1. The van der Waals surface area contributed by atoms with E-state index in [4.69, 9.17) is 4.74 Å². The van der Waals surface area contributed by atoms with E-state index in [-0.39, 0.29) is 19.2 Å². The number of piperidine rings is 1. The Balaban J connectivity index is 1.48. The van der Waals surface area contributed by atoms with E-state index in [1.54, 1.807) is 0 Å².